The second-order valence-electron chi connectivity index (χ2n) is 18.5. The summed E-state index contributed by atoms with van der Waals surface area (Å²) in [4.78, 5) is 113. The van der Waals surface area contributed by atoms with E-state index < -0.39 is 28.9 Å². The molecule has 2 fully saturated rings. The maximum atomic E-state index is 13.3. The van der Waals surface area contributed by atoms with Crippen LogP contribution in [0.1, 0.15) is 80.3 Å². The number of carbonyl (C=O) groups excluding carboxylic acids is 5. The van der Waals surface area contributed by atoms with Gasteiger partial charge in [0.15, 0.2) is 0 Å². The molecule has 0 unspecified atom stereocenters. The predicted octanol–water partition coefficient (Wildman–Crippen LogP) is 4.33. The number of carbonyl (C=O) groups is 6. The number of pyridine rings is 4. The summed E-state index contributed by atoms with van der Waals surface area (Å²) in [6, 6.07) is 19.4. The molecule has 0 spiro atoms. The first-order valence-electron chi connectivity index (χ1n) is 22.3. The maximum absolute atomic E-state index is 13.3. The second kappa shape index (κ2) is 22.1. The Balaban J connectivity index is 0.000000225. The van der Waals surface area contributed by atoms with Gasteiger partial charge in [0.1, 0.15) is 35.5 Å². The van der Waals surface area contributed by atoms with Gasteiger partial charge in [-0.25, -0.2) is 14.8 Å². The monoisotopic (exact) mass is 1010 g/mol. The van der Waals surface area contributed by atoms with Crippen LogP contribution in [-0.2, 0) is 35.8 Å². The van der Waals surface area contributed by atoms with E-state index in [1.165, 1.54) is 43.1 Å². The van der Waals surface area contributed by atoms with Gasteiger partial charge in [0.25, 0.3) is 28.8 Å². The number of benzene rings is 2. The maximum Gasteiger partial charge on any atom is 0.337 e. The Hall–Kier alpha value is -7.48. The Kier molecular flexibility index (Phi) is 16.4. The number of likely N-dealkylation sites (tertiary alicyclic amines) is 2. The molecular formula is C50H54Cl2N10O9. The Morgan fingerprint density at radius 2 is 0.972 bits per heavy atom. The predicted molar refractivity (Wildman–Crippen MR) is 268 cm³/mol. The van der Waals surface area contributed by atoms with Crippen LogP contribution >= 0.6 is 23.2 Å². The molecule has 0 bridgehead atoms. The van der Waals surface area contributed by atoms with Crippen LogP contribution in [0.5, 0.6) is 0 Å². The van der Waals surface area contributed by atoms with Gasteiger partial charge in [0.05, 0.1) is 11.1 Å². The van der Waals surface area contributed by atoms with Crippen LogP contribution in [0.15, 0.2) is 94.8 Å². The molecular weight excluding hydrogens is 956 g/mol. The fourth-order valence-electron chi connectivity index (χ4n) is 8.09. The third-order valence-electron chi connectivity index (χ3n) is 11.6. The third kappa shape index (κ3) is 12.7. The highest BCUT2D eigenvalue weighted by molar-refractivity contribution is 6.30. The van der Waals surface area contributed by atoms with Crippen molar-refractivity contribution in [3.05, 3.63) is 149 Å². The zero-order valence-electron chi connectivity index (χ0n) is 40.0. The number of fused-ring (bicyclic) bond motifs is 2. The molecule has 6 aromatic rings. The number of rotatable bonds is 12. The van der Waals surface area contributed by atoms with E-state index in [1.807, 2.05) is 13.8 Å². The van der Waals surface area contributed by atoms with Crippen molar-refractivity contribution in [3.63, 3.8) is 0 Å². The SMILES string of the molecule is CC1(C)CN(C(=O)Cn2c(=O)c(C(=O)NCc3ccc(Cl)cc3)cc3cc(C(=O)O)cnc32)C1.CN.CNC(=O)c1cnc2c(c1)cc(C(=O)NCc1ccc(Cl)cc1)c(=O)n2CC(=O)N1CC(C)(C)C1. The van der Waals surface area contributed by atoms with Gasteiger partial charge in [-0.2, -0.15) is 0 Å². The number of nitrogens with zero attached hydrogens (tertiary/aromatic N) is 6. The molecule has 2 aromatic carbocycles. The molecule has 8 rings (SSSR count). The summed E-state index contributed by atoms with van der Waals surface area (Å²) < 4.78 is 2.33. The van der Waals surface area contributed by atoms with Crippen molar-refractivity contribution in [2.24, 2.45) is 16.6 Å². The number of hydrogen-bond donors (Lipinski definition) is 5. The topological polar surface area (TPSA) is 261 Å². The van der Waals surface area contributed by atoms with E-state index in [4.69, 9.17) is 23.2 Å². The van der Waals surface area contributed by atoms with Crippen LogP contribution in [0.4, 0.5) is 0 Å². The van der Waals surface area contributed by atoms with E-state index in [0.717, 1.165) is 21.9 Å². The number of nitrogens with one attached hydrogen (secondary N) is 3. The summed E-state index contributed by atoms with van der Waals surface area (Å²) >= 11 is 11.8. The molecule has 372 valence electrons. The molecule has 21 heteroatoms. The molecule has 6 N–H and O–H groups in total. The van der Waals surface area contributed by atoms with Crippen LogP contribution in [0.25, 0.3) is 22.1 Å². The van der Waals surface area contributed by atoms with E-state index in [9.17, 15) is 43.5 Å². The van der Waals surface area contributed by atoms with Crippen LogP contribution < -0.4 is 32.8 Å². The van der Waals surface area contributed by atoms with Gasteiger partial charge >= 0.3 is 5.97 Å². The summed E-state index contributed by atoms with van der Waals surface area (Å²) in [6.07, 6.45) is 2.46. The molecule has 0 atom stereocenters. The quantitative estimate of drug-likeness (QED) is 0.115. The van der Waals surface area contributed by atoms with E-state index in [1.54, 1.807) is 64.4 Å². The average molecular weight is 1010 g/mol. The fourth-order valence-corrected chi connectivity index (χ4v) is 8.34. The minimum atomic E-state index is -1.19. The van der Waals surface area contributed by atoms with Crippen molar-refractivity contribution in [1.29, 1.82) is 0 Å². The lowest BCUT2D eigenvalue weighted by atomic mass is 9.84. The van der Waals surface area contributed by atoms with Gasteiger partial charge in [0.2, 0.25) is 11.8 Å². The Bertz CT molecular complexity index is 3160. The first-order chi connectivity index (χ1) is 33.6. The molecule has 2 aliphatic rings. The lowest BCUT2D eigenvalue weighted by Gasteiger charge is -2.45. The highest BCUT2D eigenvalue weighted by Gasteiger charge is 2.38. The molecule has 0 aliphatic carbocycles. The van der Waals surface area contributed by atoms with Gasteiger partial charge in [-0.05, 0) is 77.5 Å². The Morgan fingerprint density at radius 1 is 0.606 bits per heavy atom. The van der Waals surface area contributed by atoms with Crippen LogP contribution in [0, 0.1) is 10.8 Å². The molecule has 4 aromatic heterocycles. The second-order valence-corrected chi connectivity index (χ2v) is 19.4. The number of amides is 5. The van der Waals surface area contributed by atoms with Crippen molar-refractivity contribution in [2.45, 2.75) is 53.9 Å². The number of halogens is 2. The zero-order chi connectivity index (χ0) is 51.9. The number of aromatic nitrogens is 4. The lowest BCUT2D eigenvalue weighted by Crippen LogP contribution is -2.56. The normalized spacial score (nSPS) is 14.1. The molecule has 6 heterocycles. The Labute approximate surface area is 417 Å². The molecule has 0 radical (unpaired) electrons. The van der Waals surface area contributed by atoms with Gasteiger partial charge in [0, 0.05) is 79.5 Å². The lowest BCUT2D eigenvalue weighted by molar-refractivity contribution is -0.142. The van der Waals surface area contributed by atoms with Gasteiger partial charge in [-0.1, -0.05) is 75.2 Å². The minimum Gasteiger partial charge on any atom is -0.478 e. The molecule has 19 nitrogen and oxygen atoms in total. The van der Waals surface area contributed by atoms with Crippen LogP contribution in [-0.4, -0.2) is 110 Å². The minimum absolute atomic E-state index is 0.0146. The summed E-state index contributed by atoms with van der Waals surface area (Å²) in [5.41, 5.74) is 5.03. The third-order valence-corrected chi connectivity index (χ3v) is 12.1. The fraction of sp³-hybridized carbons (Fsp3) is 0.320. The van der Waals surface area contributed by atoms with E-state index >= 15 is 0 Å². The average Bonchev–Trinajstić information content (AvgIpc) is 3.33. The number of carboxylic acids is 1. The first-order valence-corrected chi connectivity index (χ1v) is 23.1. The highest BCUT2D eigenvalue weighted by atomic mass is 35.5. The summed E-state index contributed by atoms with van der Waals surface area (Å²) in [5.74, 6) is -3.30. The zero-order valence-corrected chi connectivity index (χ0v) is 41.5. The molecule has 0 saturated carbocycles. The van der Waals surface area contributed by atoms with Crippen molar-refractivity contribution in [2.75, 3.05) is 40.3 Å². The smallest absolute Gasteiger partial charge is 0.337 e. The largest absolute Gasteiger partial charge is 0.478 e. The number of nitrogens with two attached hydrogens (primary N) is 1. The highest BCUT2D eigenvalue weighted by Crippen LogP contribution is 2.30. The van der Waals surface area contributed by atoms with Crippen LogP contribution in [0.2, 0.25) is 10.0 Å². The number of carboxylic acid groups (broad SMARTS) is 1. The summed E-state index contributed by atoms with van der Waals surface area (Å²) in [6.45, 7) is 10.3. The molecule has 2 aliphatic heterocycles. The van der Waals surface area contributed by atoms with E-state index in [-0.39, 0.29) is 93.7 Å². The van der Waals surface area contributed by atoms with Gasteiger partial charge in [-0.15, -0.1) is 0 Å². The van der Waals surface area contributed by atoms with Crippen molar-refractivity contribution in [1.82, 2.24) is 44.9 Å². The summed E-state index contributed by atoms with van der Waals surface area (Å²) in [7, 11) is 3.00. The Morgan fingerprint density at radius 3 is 1.32 bits per heavy atom. The number of hydrogen-bond acceptors (Lipinski definition) is 11. The van der Waals surface area contributed by atoms with E-state index in [2.05, 4.69) is 45.5 Å². The van der Waals surface area contributed by atoms with E-state index in [0.29, 0.717) is 41.6 Å². The molecule has 5 amide bonds. The molecule has 2 saturated heterocycles. The van der Waals surface area contributed by atoms with Gasteiger partial charge < -0.3 is 36.6 Å². The first kappa shape index (κ1) is 52.9. The van der Waals surface area contributed by atoms with Crippen molar-refractivity contribution in [3.8, 4) is 0 Å². The van der Waals surface area contributed by atoms with Crippen molar-refractivity contribution < 1.29 is 33.9 Å². The molecule has 71 heavy (non-hydrogen) atoms. The number of aromatic carboxylic acids is 1. The van der Waals surface area contributed by atoms with Crippen LogP contribution in [0.3, 0.4) is 0 Å². The van der Waals surface area contributed by atoms with Gasteiger partial charge in [-0.3, -0.25) is 42.7 Å². The standard InChI is InChI=1S/C25H26ClN5O4.C24H23ClN4O5.CH5N/c1-25(2)13-30(14-25)20(32)12-31-21-16(8-17(11-28-21)22(33)27-3)9-19(24(31)35)23(34)29-10-15-4-6-18(26)7-5-15;1-24(2)12-28(13-24)19(30)11-29-20-15(7-16(10-26-20)23(33)34)8-18(22(29)32)21(31)27-9-14-3-5-17(25)6-4-14;1-2/h4-9,11H,10,12-14H2,1-3H3,(H,27,33)(H,29,34);3-8,10H,9,11-13H2,1-2H3,(H,27,31)(H,33,34);2H2,1H3. The summed E-state index contributed by atoms with van der Waals surface area (Å²) in [5, 5.41) is 19.1. The van der Waals surface area contributed by atoms with Crippen molar-refractivity contribution >= 4 is 80.8 Å².